The Labute approximate surface area is 98.7 Å². The van der Waals surface area contributed by atoms with Gasteiger partial charge in [0, 0.05) is 6.20 Å². The summed E-state index contributed by atoms with van der Waals surface area (Å²) in [5.74, 6) is -0.593. The summed E-state index contributed by atoms with van der Waals surface area (Å²) in [4.78, 5) is 14.6. The van der Waals surface area contributed by atoms with Crippen molar-refractivity contribution in [2.45, 2.75) is 13.0 Å². The van der Waals surface area contributed by atoms with Crippen LogP contribution in [-0.2, 0) is 0 Å². The predicted molar refractivity (Wildman–Crippen MR) is 56.6 cm³/mol. The van der Waals surface area contributed by atoms with Gasteiger partial charge in [0.1, 0.15) is 6.04 Å². The molecule has 0 saturated heterocycles. The van der Waals surface area contributed by atoms with Crippen molar-refractivity contribution in [2.24, 2.45) is 5.73 Å². The van der Waals surface area contributed by atoms with Gasteiger partial charge in [0.05, 0.1) is 10.7 Å². The highest BCUT2D eigenvalue weighted by Crippen LogP contribution is 2.16. The molecule has 2 heterocycles. The average molecular weight is 286 g/mol. The third kappa shape index (κ3) is 1.96. The molecule has 84 valence electrons. The van der Waals surface area contributed by atoms with Crippen LogP contribution in [0.1, 0.15) is 29.5 Å². The highest BCUT2D eigenvalue weighted by molar-refractivity contribution is 9.10. The second-order valence-electron chi connectivity index (χ2n) is 3.14. The number of amides is 1. The highest BCUT2D eigenvalue weighted by atomic mass is 79.9. The Morgan fingerprint density at radius 1 is 1.69 bits per heavy atom. The van der Waals surface area contributed by atoms with Crippen molar-refractivity contribution >= 4 is 21.8 Å². The second-order valence-corrected chi connectivity index (χ2v) is 4.05. The second kappa shape index (κ2) is 4.05. The molecular formula is C8H8BrN5O2. The molecule has 2 aromatic rings. The molecule has 0 spiro atoms. The SMILES string of the molecule is CC(c1noc(C(N)=O)n1)n1cc(Br)cn1. The third-order valence-electron chi connectivity index (χ3n) is 1.99. The first-order valence-electron chi connectivity index (χ1n) is 4.41. The number of carbonyl (C=O) groups excluding carboxylic acids is 1. The first-order chi connectivity index (χ1) is 7.58. The number of primary amides is 1. The lowest BCUT2D eigenvalue weighted by Crippen LogP contribution is -2.13. The molecule has 0 aliphatic rings. The van der Waals surface area contributed by atoms with E-state index in [0.717, 1.165) is 4.47 Å². The van der Waals surface area contributed by atoms with E-state index in [9.17, 15) is 4.79 Å². The number of aromatic nitrogens is 4. The molecule has 1 atom stereocenters. The van der Waals surface area contributed by atoms with Crippen molar-refractivity contribution in [3.8, 4) is 0 Å². The van der Waals surface area contributed by atoms with Crippen molar-refractivity contribution in [1.29, 1.82) is 0 Å². The van der Waals surface area contributed by atoms with Gasteiger partial charge in [-0.1, -0.05) is 5.16 Å². The topological polar surface area (TPSA) is 99.8 Å². The molecule has 0 aromatic carbocycles. The van der Waals surface area contributed by atoms with E-state index in [0.29, 0.717) is 5.82 Å². The maximum absolute atomic E-state index is 10.8. The summed E-state index contributed by atoms with van der Waals surface area (Å²) in [7, 11) is 0. The first kappa shape index (κ1) is 10.8. The normalized spacial score (nSPS) is 12.6. The Morgan fingerprint density at radius 2 is 2.44 bits per heavy atom. The Morgan fingerprint density at radius 3 is 2.94 bits per heavy atom. The first-order valence-corrected chi connectivity index (χ1v) is 5.20. The Hall–Kier alpha value is -1.70. The van der Waals surface area contributed by atoms with Gasteiger partial charge in [0.2, 0.25) is 0 Å². The number of hydrogen-bond donors (Lipinski definition) is 1. The Balaban J connectivity index is 2.26. The number of hydrogen-bond acceptors (Lipinski definition) is 5. The number of carbonyl (C=O) groups is 1. The van der Waals surface area contributed by atoms with E-state index in [-0.39, 0.29) is 11.9 Å². The van der Waals surface area contributed by atoms with Gasteiger partial charge < -0.3 is 10.3 Å². The molecule has 16 heavy (non-hydrogen) atoms. The van der Waals surface area contributed by atoms with Crippen LogP contribution >= 0.6 is 15.9 Å². The van der Waals surface area contributed by atoms with E-state index in [1.165, 1.54) is 0 Å². The van der Waals surface area contributed by atoms with Gasteiger partial charge in [0.25, 0.3) is 0 Å². The van der Waals surface area contributed by atoms with Gasteiger partial charge in [0.15, 0.2) is 5.82 Å². The highest BCUT2D eigenvalue weighted by Gasteiger charge is 2.18. The van der Waals surface area contributed by atoms with E-state index in [1.54, 1.807) is 17.1 Å². The minimum absolute atomic E-state index is 0.201. The lowest BCUT2D eigenvalue weighted by Gasteiger charge is -2.05. The van der Waals surface area contributed by atoms with Crippen molar-refractivity contribution < 1.29 is 9.32 Å². The van der Waals surface area contributed by atoms with Gasteiger partial charge in [-0.05, 0) is 22.9 Å². The van der Waals surface area contributed by atoms with Crippen LogP contribution in [0, 0.1) is 0 Å². The molecule has 0 aliphatic carbocycles. The largest absolute Gasteiger partial charge is 0.361 e. The molecule has 0 fully saturated rings. The molecule has 0 saturated carbocycles. The number of rotatable bonds is 3. The number of halogens is 1. The molecule has 2 rings (SSSR count). The van der Waals surface area contributed by atoms with Crippen LogP contribution < -0.4 is 5.73 Å². The van der Waals surface area contributed by atoms with Crippen LogP contribution in [0.2, 0.25) is 0 Å². The van der Waals surface area contributed by atoms with Gasteiger partial charge in [-0.3, -0.25) is 9.48 Å². The molecule has 0 radical (unpaired) electrons. The lowest BCUT2D eigenvalue weighted by atomic mass is 10.3. The molecule has 0 aliphatic heterocycles. The van der Waals surface area contributed by atoms with Crippen molar-refractivity contribution in [1.82, 2.24) is 19.9 Å². The Bertz CT molecular complexity index is 520. The zero-order valence-corrected chi connectivity index (χ0v) is 9.88. The average Bonchev–Trinajstić information content (AvgIpc) is 2.84. The molecule has 2 N–H and O–H groups in total. The molecule has 8 heteroatoms. The lowest BCUT2D eigenvalue weighted by molar-refractivity contribution is 0.0958. The summed E-state index contributed by atoms with van der Waals surface area (Å²) in [5, 5.41) is 7.74. The summed E-state index contributed by atoms with van der Waals surface area (Å²) in [6.45, 7) is 1.83. The maximum Gasteiger partial charge on any atom is 0.315 e. The minimum Gasteiger partial charge on any atom is -0.361 e. The summed E-state index contributed by atoms with van der Waals surface area (Å²) in [6, 6.07) is -0.233. The fraction of sp³-hybridized carbons (Fsp3) is 0.250. The quantitative estimate of drug-likeness (QED) is 0.896. The molecule has 0 bridgehead atoms. The summed E-state index contributed by atoms with van der Waals surface area (Å²) in [5.41, 5.74) is 5.00. The number of nitrogens with two attached hydrogens (primary N) is 1. The monoisotopic (exact) mass is 285 g/mol. The van der Waals surface area contributed by atoms with Crippen LogP contribution in [0.3, 0.4) is 0 Å². The van der Waals surface area contributed by atoms with Gasteiger partial charge >= 0.3 is 11.8 Å². The minimum atomic E-state index is -0.743. The molecule has 2 aromatic heterocycles. The number of nitrogens with zero attached hydrogens (tertiary/aromatic N) is 4. The van der Waals surface area contributed by atoms with Crippen LogP contribution in [-0.4, -0.2) is 25.8 Å². The molecule has 1 amide bonds. The van der Waals surface area contributed by atoms with Crippen LogP contribution in [0.4, 0.5) is 0 Å². The van der Waals surface area contributed by atoms with E-state index < -0.39 is 5.91 Å². The van der Waals surface area contributed by atoms with Gasteiger partial charge in [-0.2, -0.15) is 10.1 Å². The maximum atomic E-state index is 10.8. The van der Waals surface area contributed by atoms with E-state index in [1.807, 2.05) is 6.92 Å². The van der Waals surface area contributed by atoms with Crippen molar-refractivity contribution in [3.05, 3.63) is 28.6 Å². The fourth-order valence-corrected chi connectivity index (χ4v) is 1.45. The summed E-state index contributed by atoms with van der Waals surface area (Å²) >= 11 is 3.28. The van der Waals surface area contributed by atoms with Crippen LogP contribution in [0.25, 0.3) is 0 Å². The Kier molecular flexibility index (Phi) is 2.73. The van der Waals surface area contributed by atoms with E-state index in [4.69, 9.17) is 5.73 Å². The van der Waals surface area contributed by atoms with Crippen molar-refractivity contribution in [2.75, 3.05) is 0 Å². The predicted octanol–water partition coefficient (Wildman–Crippen LogP) is 0.737. The third-order valence-corrected chi connectivity index (χ3v) is 2.40. The molecule has 7 nitrogen and oxygen atoms in total. The van der Waals surface area contributed by atoms with E-state index >= 15 is 0 Å². The van der Waals surface area contributed by atoms with Gasteiger partial charge in [-0.25, -0.2) is 0 Å². The van der Waals surface area contributed by atoms with Crippen LogP contribution in [0.15, 0.2) is 21.4 Å². The van der Waals surface area contributed by atoms with Gasteiger partial charge in [-0.15, -0.1) is 0 Å². The molecule has 1 unspecified atom stereocenters. The smallest absolute Gasteiger partial charge is 0.315 e. The zero-order chi connectivity index (χ0) is 11.7. The fourth-order valence-electron chi connectivity index (χ4n) is 1.15. The zero-order valence-electron chi connectivity index (χ0n) is 8.29. The molecular weight excluding hydrogens is 278 g/mol. The van der Waals surface area contributed by atoms with Crippen LogP contribution in [0.5, 0.6) is 0 Å². The summed E-state index contributed by atoms with van der Waals surface area (Å²) < 4.78 is 7.17. The summed E-state index contributed by atoms with van der Waals surface area (Å²) in [6.07, 6.45) is 3.41. The van der Waals surface area contributed by atoms with E-state index in [2.05, 4.69) is 35.7 Å². The van der Waals surface area contributed by atoms with Crippen molar-refractivity contribution in [3.63, 3.8) is 0 Å². The standard InChI is InChI=1S/C8H8BrN5O2/c1-4(14-3-5(9)2-11-14)7-12-8(6(10)15)16-13-7/h2-4H,1H3,(H2,10,15).